The molecule has 0 saturated heterocycles. The average molecular weight is 681 g/mol. The van der Waals surface area contributed by atoms with Crippen molar-refractivity contribution in [1.82, 2.24) is 0 Å². The zero-order valence-corrected chi connectivity index (χ0v) is 27.9. The molecule has 0 fully saturated rings. The van der Waals surface area contributed by atoms with Gasteiger partial charge in [-0.1, -0.05) is 146 Å². The van der Waals surface area contributed by atoms with Gasteiger partial charge in [0.1, 0.15) is 0 Å². The highest BCUT2D eigenvalue weighted by molar-refractivity contribution is 7.25. The summed E-state index contributed by atoms with van der Waals surface area (Å²) in [7, 11) is 0. The van der Waals surface area contributed by atoms with Gasteiger partial charge in [0.2, 0.25) is 0 Å². The van der Waals surface area contributed by atoms with Crippen LogP contribution in [0.1, 0.15) is 5.56 Å². The van der Waals surface area contributed by atoms with Crippen LogP contribution in [0.4, 0.5) is 13.2 Å². The molecule has 0 unspecified atom stereocenters. The van der Waals surface area contributed by atoms with Gasteiger partial charge in [-0.05, 0) is 94.7 Å². The second kappa shape index (κ2) is 11.3. The molecule has 10 aromatic rings. The van der Waals surface area contributed by atoms with Gasteiger partial charge in [0.05, 0.1) is 5.56 Å². The Hall–Kier alpha value is -5.97. The molecule has 0 saturated carbocycles. The lowest BCUT2D eigenvalue weighted by molar-refractivity contribution is -0.135. The molecule has 0 amide bonds. The molecule has 0 aliphatic heterocycles. The number of fused-ring (bicyclic) bond motifs is 7. The predicted molar refractivity (Wildman–Crippen MR) is 211 cm³/mol. The molecule has 0 bridgehead atoms. The maximum atomic E-state index is 14.5. The Morgan fingerprint density at radius 1 is 0.314 bits per heavy atom. The molecule has 1 aromatic heterocycles. The zero-order chi connectivity index (χ0) is 34.3. The molecule has 0 N–H and O–H groups in total. The molecule has 10 rings (SSSR count). The first-order valence-electron chi connectivity index (χ1n) is 16.9. The summed E-state index contributed by atoms with van der Waals surface area (Å²) in [6.07, 6.45) is -4.48. The van der Waals surface area contributed by atoms with E-state index in [1.165, 1.54) is 48.3 Å². The molecule has 1 heterocycles. The molecule has 0 radical (unpaired) electrons. The highest BCUT2D eigenvalue weighted by Crippen LogP contribution is 2.48. The van der Waals surface area contributed by atoms with Crippen molar-refractivity contribution in [1.29, 1.82) is 0 Å². The highest BCUT2D eigenvalue weighted by atomic mass is 32.1. The Balaban J connectivity index is 1.20. The smallest absolute Gasteiger partial charge is 0.166 e. The van der Waals surface area contributed by atoms with E-state index in [0.29, 0.717) is 10.8 Å². The SMILES string of the molecule is FC(F)(F)c1c2ccccc2c(-c2ccc3c(c2)sc2ccc(-c4c5ccccc5c(-c5ccccc5)c5ccccc45)cc23)c2ccccc12. The van der Waals surface area contributed by atoms with Crippen molar-refractivity contribution in [3.05, 3.63) is 169 Å². The summed E-state index contributed by atoms with van der Waals surface area (Å²) in [4.78, 5) is 0. The first-order chi connectivity index (χ1) is 25.0. The molecule has 0 atom stereocenters. The summed E-state index contributed by atoms with van der Waals surface area (Å²) in [6.45, 7) is 0. The minimum absolute atomic E-state index is 0.220. The van der Waals surface area contributed by atoms with E-state index in [-0.39, 0.29) is 10.8 Å². The third-order valence-corrected chi connectivity index (χ3v) is 11.4. The minimum Gasteiger partial charge on any atom is -0.166 e. The first kappa shape index (κ1) is 29.9. The fourth-order valence-corrected chi connectivity index (χ4v) is 9.31. The number of halogens is 3. The number of hydrogen-bond acceptors (Lipinski definition) is 1. The van der Waals surface area contributed by atoms with Crippen LogP contribution in [-0.2, 0) is 6.18 Å². The second-order valence-electron chi connectivity index (χ2n) is 13.1. The fraction of sp³-hybridized carbons (Fsp3) is 0.0213. The average Bonchev–Trinajstić information content (AvgIpc) is 3.52. The van der Waals surface area contributed by atoms with Crippen molar-refractivity contribution in [3.63, 3.8) is 0 Å². The lowest BCUT2D eigenvalue weighted by Gasteiger charge is -2.19. The Kier molecular flexibility index (Phi) is 6.61. The summed E-state index contributed by atoms with van der Waals surface area (Å²) in [5.41, 5.74) is 5.95. The second-order valence-corrected chi connectivity index (χ2v) is 14.2. The molecule has 0 aliphatic carbocycles. The van der Waals surface area contributed by atoms with E-state index in [0.717, 1.165) is 26.8 Å². The summed E-state index contributed by atoms with van der Waals surface area (Å²) < 4.78 is 45.9. The number of benzene rings is 9. The van der Waals surface area contributed by atoms with Crippen LogP contribution in [0.2, 0.25) is 0 Å². The zero-order valence-electron chi connectivity index (χ0n) is 27.1. The van der Waals surface area contributed by atoms with Crippen LogP contribution in [0, 0.1) is 0 Å². The van der Waals surface area contributed by atoms with E-state index in [2.05, 4.69) is 115 Å². The van der Waals surface area contributed by atoms with Gasteiger partial charge in [-0.15, -0.1) is 11.3 Å². The Labute approximate surface area is 295 Å². The van der Waals surface area contributed by atoms with Crippen LogP contribution in [-0.4, -0.2) is 0 Å². The molecule has 0 spiro atoms. The number of alkyl halides is 3. The van der Waals surface area contributed by atoms with Gasteiger partial charge >= 0.3 is 6.18 Å². The van der Waals surface area contributed by atoms with E-state index in [1.54, 1.807) is 35.6 Å². The summed E-state index contributed by atoms with van der Waals surface area (Å²) in [5.74, 6) is 0. The van der Waals surface area contributed by atoms with Gasteiger partial charge in [0.15, 0.2) is 0 Å². The van der Waals surface area contributed by atoms with E-state index in [9.17, 15) is 13.2 Å². The van der Waals surface area contributed by atoms with E-state index in [4.69, 9.17) is 0 Å². The van der Waals surface area contributed by atoms with Crippen LogP contribution in [0.5, 0.6) is 0 Å². The van der Waals surface area contributed by atoms with Crippen LogP contribution in [0.3, 0.4) is 0 Å². The quantitative estimate of drug-likeness (QED) is 0.163. The molecule has 51 heavy (non-hydrogen) atoms. The first-order valence-corrected chi connectivity index (χ1v) is 17.7. The van der Waals surface area contributed by atoms with E-state index < -0.39 is 11.7 Å². The monoisotopic (exact) mass is 680 g/mol. The van der Waals surface area contributed by atoms with Gasteiger partial charge in [-0.3, -0.25) is 0 Å². The summed E-state index contributed by atoms with van der Waals surface area (Å²) in [5, 5.41) is 8.79. The van der Waals surface area contributed by atoms with E-state index in [1.807, 2.05) is 24.3 Å². The Morgan fingerprint density at radius 2 is 0.725 bits per heavy atom. The lowest BCUT2D eigenvalue weighted by Crippen LogP contribution is -2.07. The molecule has 0 nitrogen and oxygen atoms in total. The van der Waals surface area contributed by atoms with Gasteiger partial charge in [-0.2, -0.15) is 13.2 Å². The Bertz CT molecular complexity index is 2890. The van der Waals surface area contributed by atoms with Crippen LogP contribution in [0.15, 0.2) is 164 Å². The third kappa shape index (κ3) is 4.60. The van der Waals surface area contributed by atoms with Crippen LogP contribution < -0.4 is 0 Å². The number of rotatable bonds is 3. The topological polar surface area (TPSA) is 0 Å². The molecule has 242 valence electrons. The molecule has 4 heteroatoms. The summed E-state index contributed by atoms with van der Waals surface area (Å²) in [6, 6.07) is 54.9. The maximum Gasteiger partial charge on any atom is 0.417 e. The largest absolute Gasteiger partial charge is 0.417 e. The lowest BCUT2D eigenvalue weighted by atomic mass is 9.86. The van der Waals surface area contributed by atoms with Gasteiger partial charge < -0.3 is 0 Å². The van der Waals surface area contributed by atoms with Gasteiger partial charge in [0, 0.05) is 20.2 Å². The Morgan fingerprint density at radius 3 is 1.24 bits per heavy atom. The molecule has 0 aliphatic rings. The van der Waals surface area contributed by atoms with Crippen molar-refractivity contribution in [2.45, 2.75) is 6.18 Å². The van der Waals surface area contributed by atoms with Gasteiger partial charge in [-0.25, -0.2) is 0 Å². The fourth-order valence-electron chi connectivity index (χ4n) is 8.19. The molecule has 9 aromatic carbocycles. The molecular weight excluding hydrogens is 654 g/mol. The van der Waals surface area contributed by atoms with Crippen molar-refractivity contribution < 1.29 is 13.2 Å². The van der Waals surface area contributed by atoms with Crippen LogP contribution in [0.25, 0.3) is 96.6 Å². The number of thiophene rings is 1. The highest BCUT2D eigenvalue weighted by Gasteiger charge is 2.35. The maximum absolute atomic E-state index is 14.5. The minimum atomic E-state index is -4.48. The number of hydrogen-bond donors (Lipinski definition) is 0. The van der Waals surface area contributed by atoms with Gasteiger partial charge in [0.25, 0.3) is 0 Å². The molecular formula is C47H27F3S. The normalized spacial score (nSPS) is 12.2. The van der Waals surface area contributed by atoms with Crippen molar-refractivity contribution in [2.24, 2.45) is 0 Å². The standard InChI is InChI=1S/C47H27F3S/c48-47(49,50)46-38-20-10-8-18-36(38)45(37-19-9-11-21-39(37)46)30-22-24-31-40-26-29(23-25-41(40)51-42(31)27-30)44-34-16-6-4-14-32(34)43(28-12-2-1-3-13-28)33-15-5-7-17-35(33)44/h1-27H. The van der Waals surface area contributed by atoms with Crippen molar-refractivity contribution >= 4 is 74.6 Å². The third-order valence-electron chi connectivity index (χ3n) is 10.3. The van der Waals surface area contributed by atoms with Crippen molar-refractivity contribution in [3.8, 4) is 33.4 Å². The van der Waals surface area contributed by atoms with Crippen LogP contribution >= 0.6 is 11.3 Å². The summed E-state index contributed by atoms with van der Waals surface area (Å²) >= 11 is 1.72. The van der Waals surface area contributed by atoms with E-state index >= 15 is 0 Å². The predicted octanol–water partition coefficient (Wildman–Crippen LogP) is 14.7. The van der Waals surface area contributed by atoms with Crippen molar-refractivity contribution in [2.75, 3.05) is 0 Å².